The molecule has 3 atom stereocenters. The van der Waals surface area contributed by atoms with Crippen molar-refractivity contribution in [1.82, 2.24) is 14.8 Å². The summed E-state index contributed by atoms with van der Waals surface area (Å²) >= 11 is 12.0. The fourth-order valence-electron chi connectivity index (χ4n) is 4.39. The zero-order valence-corrected chi connectivity index (χ0v) is 20.9. The number of carbonyl (C=O) groups is 1. The molecule has 0 radical (unpaired) electrons. The Hall–Kier alpha value is -2.34. The van der Waals surface area contributed by atoms with E-state index >= 15 is 0 Å². The molecule has 0 bridgehead atoms. The molecule has 2 heterocycles. The molecule has 0 spiro atoms. The highest BCUT2D eigenvalue weighted by Gasteiger charge is 2.34. The summed E-state index contributed by atoms with van der Waals surface area (Å²) in [5.41, 5.74) is 2.40. The van der Waals surface area contributed by atoms with Gasteiger partial charge in [-0.05, 0) is 60.6 Å². The van der Waals surface area contributed by atoms with Crippen LogP contribution >= 0.6 is 23.2 Å². The number of nitrogens with zero attached hydrogens (tertiary/aromatic N) is 3. The summed E-state index contributed by atoms with van der Waals surface area (Å²) in [7, 11) is -4.07. The molecule has 3 N–H and O–H groups in total. The smallest absolute Gasteiger partial charge is 0.333 e. The van der Waals surface area contributed by atoms with Crippen LogP contribution in [0, 0.1) is 11.8 Å². The molecule has 186 valence electrons. The molecule has 0 aliphatic heterocycles. The van der Waals surface area contributed by atoms with Crippen LogP contribution in [0.15, 0.2) is 48.9 Å². The summed E-state index contributed by atoms with van der Waals surface area (Å²) in [6.07, 6.45) is 5.67. The van der Waals surface area contributed by atoms with Crippen LogP contribution in [0.25, 0.3) is 0 Å². The van der Waals surface area contributed by atoms with Gasteiger partial charge in [-0.25, -0.2) is 5.14 Å². The SMILES string of the molecule is NS(=O)(=O)OC[C@H]1C[C@@H](Cc2ccncc2C(=O)c2ccn(Cc3ccc(Cl)c(Cl)c3)n2)C[C@@H]1O. The lowest BCUT2D eigenvalue weighted by molar-refractivity contribution is 0.100. The third kappa shape index (κ3) is 6.66. The van der Waals surface area contributed by atoms with Gasteiger partial charge in [-0.3, -0.25) is 18.6 Å². The molecule has 0 saturated heterocycles. The van der Waals surface area contributed by atoms with Crippen molar-refractivity contribution >= 4 is 39.3 Å². The lowest BCUT2D eigenvalue weighted by Gasteiger charge is -2.13. The molecule has 1 fully saturated rings. The molecule has 2 aromatic heterocycles. The Morgan fingerprint density at radius 1 is 1.20 bits per heavy atom. The molecule has 0 unspecified atom stereocenters. The summed E-state index contributed by atoms with van der Waals surface area (Å²) in [4.78, 5) is 17.4. The average molecular weight is 539 g/mol. The van der Waals surface area contributed by atoms with Gasteiger partial charge in [0.15, 0.2) is 0 Å². The number of hydrogen-bond acceptors (Lipinski definition) is 7. The van der Waals surface area contributed by atoms with E-state index in [9.17, 15) is 18.3 Å². The minimum Gasteiger partial charge on any atom is -0.393 e. The van der Waals surface area contributed by atoms with Gasteiger partial charge in [0.1, 0.15) is 5.69 Å². The standard InChI is InChI=1S/C23H24Cl2N4O5S/c24-19-2-1-14(9-20(19)25)12-29-6-4-21(28-29)23(31)18-11-27-5-3-16(18)7-15-8-17(22(30)10-15)13-34-35(26,32)33/h1-6,9,11,15,17,22,30H,7-8,10,12-13H2,(H2,26,32,33)/t15-,17-,22+/m1/s1. The number of halogens is 2. The van der Waals surface area contributed by atoms with Crippen LogP contribution in [0.3, 0.4) is 0 Å². The zero-order valence-electron chi connectivity index (χ0n) is 18.5. The Morgan fingerprint density at radius 2 is 2.00 bits per heavy atom. The first-order valence-corrected chi connectivity index (χ1v) is 13.1. The van der Waals surface area contributed by atoms with E-state index in [1.807, 2.05) is 6.07 Å². The van der Waals surface area contributed by atoms with Gasteiger partial charge < -0.3 is 5.11 Å². The van der Waals surface area contributed by atoms with E-state index in [-0.39, 0.29) is 29.9 Å². The average Bonchev–Trinajstić information content (AvgIpc) is 3.40. The maximum atomic E-state index is 13.2. The molecule has 3 aromatic rings. The molecule has 0 amide bonds. The van der Waals surface area contributed by atoms with Crippen molar-refractivity contribution in [3.8, 4) is 0 Å². The molecule has 35 heavy (non-hydrogen) atoms. The second kappa shape index (κ2) is 10.7. The third-order valence-corrected chi connectivity index (χ3v) is 7.27. The zero-order chi connectivity index (χ0) is 25.2. The van der Waals surface area contributed by atoms with E-state index < -0.39 is 16.4 Å². The Kier molecular flexibility index (Phi) is 7.89. The van der Waals surface area contributed by atoms with Crippen LogP contribution in [-0.4, -0.2) is 46.8 Å². The molecule has 12 heteroatoms. The number of hydrogen-bond donors (Lipinski definition) is 2. The Morgan fingerprint density at radius 3 is 2.74 bits per heavy atom. The van der Waals surface area contributed by atoms with E-state index in [2.05, 4.69) is 14.3 Å². The van der Waals surface area contributed by atoms with E-state index in [0.717, 1.165) is 11.1 Å². The lowest BCUT2D eigenvalue weighted by atomic mass is 9.93. The number of aromatic nitrogens is 3. The van der Waals surface area contributed by atoms with Crippen molar-refractivity contribution in [3.05, 3.63) is 81.4 Å². The van der Waals surface area contributed by atoms with Crippen LogP contribution in [0.4, 0.5) is 0 Å². The largest absolute Gasteiger partial charge is 0.393 e. The maximum Gasteiger partial charge on any atom is 0.333 e. The predicted molar refractivity (Wildman–Crippen MR) is 130 cm³/mol. The van der Waals surface area contributed by atoms with E-state index in [1.54, 1.807) is 41.3 Å². The minimum absolute atomic E-state index is 0.0419. The third-order valence-electron chi connectivity index (χ3n) is 6.07. The summed E-state index contributed by atoms with van der Waals surface area (Å²) in [5, 5.41) is 20.5. The molecule has 9 nitrogen and oxygen atoms in total. The molecule has 1 aromatic carbocycles. The number of nitrogens with two attached hydrogens (primary N) is 1. The normalized spacial score (nSPS) is 20.3. The van der Waals surface area contributed by atoms with Gasteiger partial charge in [0.2, 0.25) is 5.78 Å². The van der Waals surface area contributed by atoms with Crippen molar-refractivity contribution in [3.63, 3.8) is 0 Å². The Balaban J connectivity index is 1.44. The van der Waals surface area contributed by atoms with Gasteiger partial charge in [0, 0.05) is 30.1 Å². The summed E-state index contributed by atoms with van der Waals surface area (Å²) in [6.45, 7) is 0.251. The second-order valence-electron chi connectivity index (χ2n) is 8.66. The minimum atomic E-state index is -4.07. The summed E-state index contributed by atoms with van der Waals surface area (Å²) in [5.74, 6) is -0.565. The molecule has 1 aliphatic carbocycles. The number of benzene rings is 1. The summed E-state index contributed by atoms with van der Waals surface area (Å²) in [6, 6.07) is 8.73. The number of ketones is 1. The van der Waals surface area contributed by atoms with Gasteiger partial charge in [-0.1, -0.05) is 29.3 Å². The molecular formula is C23H24Cl2N4O5S. The molecular weight excluding hydrogens is 515 g/mol. The van der Waals surface area contributed by atoms with E-state index in [0.29, 0.717) is 41.4 Å². The number of aliphatic hydroxyl groups is 1. The van der Waals surface area contributed by atoms with Crippen LogP contribution in [0.1, 0.15) is 40.0 Å². The predicted octanol–water partition coefficient (Wildman–Crippen LogP) is 3.01. The van der Waals surface area contributed by atoms with Crippen molar-refractivity contribution in [2.75, 3.05) is 6.61 Å². The van der Waals surface area contributed by atoms with Crippen molar-refractivity contribution in [2.45, 2.75) is 31.9 Å². The first-order chi connectivity index (χ1) is 16.6. The fourth-order valence-corrected chi connectivity index (χ4v) is 5.08. The highest BCUT2D eigenvalue weighted by atomic mass is 35.5. The monoisotopic (exact) mass is 538 g/mol. The topological polar surface area (TPSA) is 137 Å². The van der Waals surface area contributed by atoms with Gasteiger partial charge in [-0.15, -0.1) is 0 Å². The van der Waals surface area contributed by atoms with E-state index in [4.69, 9.17) is 28.3 Å². The summed E-state index contributed by atoms with van der Waals surface area (Å²) < 4.78 is 28.4. The van der Waals surface area contributed by atoms with Crippen molar-refractivity contribution in [1.29, 1.82) is 0 Å². The van der Waals surface area contributed by atoms with Gasteiger partial charge in [0.05, 0.1) is 29.3 Å². The highest BCUT2D eigenvalue weighted by molar-refractivity contribution is 7.84. The number of carbonyl (C=O) groups excluding carboxylic acids is 1. The van der Waals surface area contributed by atoms with Crippen LogP contribution < -0.4 is 5.14 Å². The maximum absolute atomic E-state index is 13.2. The van der Waals surface area contributed by atoms with Gasteiger partial charge >= 0.3 is 10.3 Å². The van der Waals surface area contributed by atoms with Crippen molar-refractivity contribution < 1.29 is 22.5 Å². The van der Waals surface area contributed by atoms with Crippen molar-refractivity contribution in [2.24, 2.45) is 17.0 Å². The quantitative estimate of drug-likeness (QED) is 0.399. The second-order valence-corrected chi connectivity index (χ2v) is 10.7. The number of rotatable bonds is 9. The Labute approximate surface area is 213 Å². The number of pyridine rings is 1. The molecule has 1 saturated carbocycles. The lowest BCUT2D eigenvalue weighted by Crippen LogP contribution is -2.24. The van der Waals surface area contributed by atoms with Gasteiger partial charge in [0.25, 0.3) is 0 Å². The highest BCUT2D eigenvalue weighted by Crippen LogP contribution is 2.34. The Bertz CT molecular complexity index is 1330. The van der Waals surface area contributed by atoms with Crippen LogP contribution in [0.5, 0.6) is 0 Å². The molecule has 1 aliphatic rings. The molecule has 4 rings (SSSR count). The first-order valence-electron chi connectivity index (χ1n) is 10.9. The fraction of sp³-hybridized carbons (Fsp3) is 0.348. The van der Waals surface area contributed by atoms with Gasteiger partial charge in [-0.2, -0.15) is 13.5 Å². The first kappa shape index (κ1) is 25.7. The van der Waals surface area contributed by atoms with Crippen LogP contribution in [0.2, 0.25) is 10.0 Å². The number of aliphatic hydroxyl groups excluding tert-OH is 1. The van der Waals surface area contributed by atoms with Crippen LogP contribution in [-0.2, 0) is 27.5 Å². The van der Waals surface area contributed by atoms with E-state index in [1.165, 1.54) is 6.20 Å².